The van der Waals surface area contributed by atoms with E-state index in [1.165, 1.54) is 6.07 Å². The predicted molar refractivity (Wildman–Crippen MR) is 94.9 cm³/mol. The van der Waals surface area contributed by atoms with Gasteiger partial charge >= 0.3 is 0 Å². The van der Waals surface area contributed by atoms with Gasteiger partial charge in [-0.05, 0) is 34.0 Å². The fourth-order valence-corrected chi connectivity index (χ4v) is 3.10. The summed E-state index contributed by atoms with van der Waals surface area (Å²) >= 11 is 18.3. The average Bonchev–Trinajstić information content (AvgIpc) is 2.55. The summed E-state index contributed by atoms with van der Waals surface area (Å²) in [7, 11) is 0. The molecule has 1 N–H and O–H groups in total. The summed E-state index contributed by atoms with van der Waals surface area (Å²) in [6.07, 6.45) is 0. The van der Waals surface area contributed by atoms with Gasteiger partial charge in [-0.3, -0.25) is 0 Å². The van der Waals surface area contributed by atoms with Crippen molar-refractivity contribution in [2.24, 2.45) is 5.11 Å². The van der Waals surface area contributed by atoms with Crippen molar-refractivity contribution < 1.29 is 5.11 Å². The van der Waals surface area contributed by atoms with Crippen LogP contribution < -0.4 is 0 Å². The summed E-state index contributed by atoms with van der Waals surface area (Å²) in [6.45, 7) is 0. The molecule has 3 rings (SSSR count). The molecule has 0 amide bonds. The summed E-state index contributed by atoms with van der Waals surface area (Å²) in [5.41, 5.74) is 9.83. The lowest BCUT2D eigenvalue weighted by atomic mass is 9.96. The van der Waals surface area contributed by atoms with E-state index in [2.05, 4.69) is 10.0 Å². The first-order valence-corrected chi connectivity index (χ1v) is 7.61. The van der Waals surface area contributed by atoms with Crippen LogP contribution in [0.25, 0.3) is 32.3 Å². The number of azide groups is 1. The molecule has 0 radical (unpaired) electrons. The lowest BCUT2D eigenvalue weighted by Crippen LogP contribution is -1.86. The van der Waals surface area contributed by atoms with Crippen LogP contribution in [0.4, 0.5) is 5.69 Å². The highest BCUT2D eigenvalue weighted by molar-refractivity contribution is 6.49. The molecule has 3 aromatic rings. The van der Waals surface area contributed by atoms with Crippen LogP contribution in [0.3, 0.4) is 0 Å². The van der Waals surface area contributed by atoms with Crippen molar-refractivity contribution in [3.63, 3.8) is 0 Å². The van der Waals surface area contributed by atoms with Crippen molar-refractivity contribution in [2.75, 3.05) is 0 Å². The monoisotopic (exact) mass is 363 g/mol. The Kier molecular flexibility index (Phi) is 4.24. The fraction of sp³-hybridized carbons (Fsp3) is 0. The van der Waals surface area contributed by atoms with Gasteiger partial charge in [0.1, 0.15) is 5.75 Å². The molecule has 0 bridgehead atoms. The zero-order chi connectivity index (χ0) is 16.6. The molecule has 0 heterocycles. The van der Waals surface area contributed by atoms with Gasteiger partial charge in [-0.2, -0.15) is 0 Å². The first-order valence-electron chi connectivity index (χ1n) is 6.48. The molecule has 0 aliphatic rings. The minimum atomic E-state index is 0.0209. The summed E-state index contributed by atoms with van der Waals surface area (Å²) in [4.78, 5) is 2.79. The van der Waals surface area contributed by atoms with Gasteiger partial charge in [0.2, 0.25) is 0 Å². The standard InChI is InChI=1S/C16H8Cl3N3O/c17-11-7-10(16(21-22-20)15(19)14(11)18)13-9-4-2-1-3-8(9)5-6-12(13)23/h1-7,23H. The second-order valence-electron chi connectivity index (χ2n) is 4.75. The number of benzene rings is 3. The number of phenols is 1. The molecule has 0 saturated heterocycles. The SMILES string of the molecule is [N-]=[N+]=Nc1c(-c2c(O)ccc3ccccc23)cc(Cl)c(Cl)c1Cl. The Labute approximate surface area is 146 Å². The number of fused-ring (bicyclic) bond motifs is 1. The molecule has 0 aliphatic heterocycles. The number of phenolic OH excluding ortho intramolecular Hbond substituents is 1. The number of aromatic hydroxyl groups is 1. The van der Waals surface area contributed by atoms with Gasteiger partial charge in [0, 0.05) is 10.5 Å². The van der Waals surface area contributed by atoms with Gasteiger partial charge < -0.3 is 5.11 Å². The Morgan fingerprint density at radius 3 is 2.48 bits per heavy atom. The van der Waals surface area contributed by atoms with Gasteiger partial charge in [0.25, 0.3) is 0 Å². The number of nitrogens with zero attached hydrogens (tertiary/aromatic N) is 3. The Bertz CT molecular complexity index is 982. The van der Waals surface area contributed by atoms with Crippen molar-refractivity contribution in [1.29, 1.82) is 0 Å². The van der Waals surface area contributed by atoms with E-state index in [1.807, 2.05) is 24.3 Å². The third-order valence-corrected chi connectivity index (χ3v) is 4.71. The summed E-state index contributed by atoms with van der Waals surface area (Å²) in [5, 5.41) is 16.0. The zero-order valence-electron chi connectivity index (χ0n) is 11.5. The van der Waals surface area contributed by atoms with Crippen LogP contribution in [0.2, 0.25) is 15.1 Å². The zero-order valence-corrected chi connectivity index (χ0v) is 13.7. The van der Waals surface area contributed by atoms with E-state index in [0.29, 0.717) is 11.1 Å². The first kappa shape index (κ1) is 15.8. The summed E-state index contributed by atoms with van der Waals surface area (Å²) in [5.74, 6) is 0.0209. The van der Waals surface area contributed by atoms with Gasteiger partial charge in [0.15, 0.2) is 0 Å². The Morgan fingerprint density at radius 2 is 1.74 bits per heavy atom. The Morgan fingerprint density at radius 1 is 1.00 bits per heavy atom. The van der Waals surface area contributed by atoms with Crippen LogP contribution in [-0.4, -0.2) is 5.11 Å². The van der Waals surface area contributed by atoms with E-state index in [-0.39, 0.29) is 26.5 Å². The fourth-order valence-electron chi connectivity index (χ4n) is 2.46. The van der Waals surface area contributed by atoms with Gasteiger partial charge in [0.05, 0.1) is 20.8 Å². The molecule has 0 fully saturated rings. The maximum Gasteiger partial charge on any atom is 0.124 e. The lowest BCUT2D eigenvalue weighted by Gasteiger charge is -2.14. The molecule has 0 aliphatic carbocycles. The second kappa shape index (κ2) is 6.19. The van der Waals surface area contributed by atoms with Crippen LogP contribution in [0.5, 0.6) is 5.75 Å². The largest absolute Gasteiger partial charge is 0.507 e. The summed E-state index contributed by atoms with van der Waals surface area (Å²) in [6, 6.07) is 12.4. The van der Waals surface area contributed by atoms with Crippen molar-refractivity contribution in [2.45, 2.75) is 0 Å². The van der Waals surface area contributed by atoms with Crippen LogP contribution >= 0.6 is 34.8 Å². The Hall–Kier alpha value is -2.10. The van der Waals surface area contributed by atoms with Gasteiger partial charge in [-0.1, -0.05) is 70.2 Å². The number of rotatable bonds is 2. The smallest absolute Gasteiger partial charge is 0.124 e. The summed E-state index contributed by atoms with van der Waals surface area (Å²) < 4.78 is 0. The third kappa shape index (κ3) is 2.67. The maximum atomic E-state index is 10.4. The third-order valence-electron chi connectivity index (χ3n) is 3.46. The quantitative estimate of drug-likeness (QED) is 0.224. The molecular formula is C16H8Cl3N3O. The van der Waals surface area contributed by atoms with Crippen molar-refractivity contribution in [1.82, 2.24) is 0 Å². The molecule has 114 valence electrons. The normalized spacial score (nSPS) is 10.6. The number of halogens is 3. The molecule has 0 spiro atoms. The molecule has 3 aromatic carbocycles. The lowest BCUT2D eigenvalue weighted by molar-refractivity contribution is 0.478. The van der Waals surface area contributed by atoms with Crippen molar-refractivity contribution >= 4 is 51.3 Å². The maximum absolute atomic E-state index is 10.4. The minimum Gasteiger partial charge on any atom is -0.507 e. The van der Waals surface area contributed by atoms with E-state index in [1.54, 1.807) is 12.1 Å². The van der Waals surface area contributed by atoms with E-state index in [9.17, 15) is 5.11 Å². The van der Waals surface area contributed by atoms with Crippen molar-refractivity contribution in [3.05, 3.63) is 68.0 Å². The van der Waals surface area contributed by atoms with Gasteiger partial charge in [-0.15, -0.1) is 0 Å². The van der Waals surface area contributed by atoms with E-state index < -0.39 is 0 Å². The van der Waals surface area contributed by atoms with E-state index >= 15 is 0 Å². The molecule has 0 aromatic heterocycles. The minimum absolute atomic E-state index is 0.0209. The van der Waals surface area contributed by atoms with Crippen LogP contribution in [0.15, 0.2) is 47.6 Å². The molecule has 0 atom stereocenters. The molecule has 7 heteroatoms. The van der Waals surface area contributed by atoms with E-state index in [0.717, 1.165) is 10.8 Å². The molecule has 0 unspecified atom stereocenters. The average molecular weight is 365 g/mol. The molecule has 0 saturated carbocycles. The van der Waals surface area contributed by atoms with E-state index in [4.69, 9.17) is 40.3 Å². The van der Waals surface area contributed by atoms with Crippen LogP contribution in [-0.2, 0) is 0 Å². The van der Waals surface area contributed by atoms with Crippen LogP contribution in [0, 0.1) is 0 Å². The highest BCUT2D eigenvalue weighted by atomic mass is 35.5. The van der Waals surface area contributed by atoms with Gasteiger partial charge in [-0.25, -0.2) is 0 Å². The first-order chi connectivity index (χ1) is 11.0. The molecular weight excluding hydrogens is 357 g/mol. The number of hydrogen-bond donors (Lipinski definition) is 1. The van der Waals surface area contributed by atoms with Crippen molar-refractivity contribution in [3.8, 4) is 16.9 Å². The molecule has 23 heavy (non-hydrogen) atoms. The van der Waals surface area contributed by atoms with Crippen LogP contribution in [0.1, 0.15) is 0 Å². The predicted octanol–water partition coefficient (Wildman–Crippen LogP) is 7.11. The second-order valence-corrected chi connectivity index (χ2v) is 5.92. The highest BCUT2D eigenvalue weighted by Gasteiger charge is 2.19. The number of hydrogen-bond acceptors (Lipinski definition) is 2. The Balaban J connectivity index is 2.49. The molecule has 4 nitrogen and oxygen atoms in total. The topological polar surface area (TPSA) is 69.0 Å². The highest BCUT2D eigenvalue weighted by Crippen LogP contribution is 2.48.